The average Bonchev–Trinajstić information content (AvgIpc) is 3.49. The molecule has 0 fully saturated rings. The second kappa shape index (κ2) is 65.9. The number of rotatable bonds is 66. The van der Waals surface area contributed by atoms with Crippen molar-refractivity contribution in [1.29, 1.82) is 0 Å². The molecule has 0 spiro atoms. The summed E-state index contributed by atoms with van der Waals surface area (Å²) in [5.41, 5.74) is 0. The van der Waals surface area contributed by atoms with Crippen LogP contribution in [-0.4, -0.2) is 68.5 Å². The zero-order chi connectivity index (χ0) is 61.9. The molecule has 0 saturated heterocycles. The van der Waals surface area contributed by atoms with E-state index in [9.17, 15) is 19.4 Å². The van der Waals surface area contributed by atoms with Gasteiger partial charge in [0.15, 0.2) is 0 Å². The summed E-state index contributed by atoms with van der Waals surface area (Å²) in [5.74, 6) is -0.204. The van der Waals surface area contributed by atoms with Gasteiger partial charge in [-0.1, -0.05) is 342 Å². The Hall–Kier alpha value is -2.58. The van der Waals surface area contributed by atoms with E-state index in [2.05, 4.69) is 104 Å². The zero-order valence-corrected chi connectivity index (χ0v) is 57.4. The summed E-state index contributed by atoms with van der Waals surface area (Å²) < 4.78 is 23.5. The lowest BCUT2D eigenvalue weighted by atomic mass is 10.0. The van der Waals surface area contributed by atoms with Crippen molar-refractivity contribution in [2.24, 2.45) is 0 Å². The second-order valence-electron chi connectivity index (χ2n) is 25.6. The summed E-state index contributed by atoms with van der Waals surface area (Å²) in [6.45, 7) is 4.56. The topological polar surface area (TPSA) is 108 Å². The van der Waals surface area contributed by atoms with Crippen LogP contribution in [0.15, 0.2) is 97.2 Å². The highest BCUT2D eigenvalue weighted by atomic mass is 31.2. The fourth-order valence-electron chi connectivity index (χ4n) is 10.5. The molecule has 0 aromatic heterocycles. The van der Waals surface area contributed by atoms with Crippen LogP contribution in [0.2, 0.25) is 0 Å². The maximum absolute atomic E-state index is 13.0. The molecule has 85 heavy (non-hydrogen) atoms. The molecular formula is C76H139N2O6P. The first kappa shape index (κ1) is 82.4. The molecule has 1 amide bonds. The van der Waals surface area contributed by atoms with Gasteiger partial charge in [-0.3, -0.25) is 9.36 Å². The molecule has 3 atom stereocenters. The van der Waals surface area contributed by atoms with E-state index in [1.54, 1.807) is 6.08 Å². The van der Waals surface area contributed by atoms with E-state index in [4.69, 9.17) is 9.05 Å². The Bertz CT molecular complexity index is 1710. The average molecular weight is 1210 g/mol. The fourth-order valence-corrected chi connectivity index (χ4v) is 11.2. The number of phosphoric ester groups is 1. The molecule has 0 aliphatic heterocycles. The maximum Gasteiger partial charge on any atom is 0.268 e. The highest BCUT2D eigenvalue weighted by molar-refractivity contribution is 7.45. The third-order valence-electron chi connectivity index (χ3n) is 16.0. The van der Waals surface area contributed by atoms with E-state index in [0.29, 0.717) is 17.4 Å². The number of quaternary nitrogens is 1. The van der Waals surface area contributed by atoms with Crippen LogP contribution in [0.5, 0.6) is 0 Å². The van der Waals surface area contributed by atoms with E-state index in [1.807, 2.05) is 27.2 Å². The van der Waals surface area contributed by atoms with Crippen molar-refractivity contribution in [3.8, 4) is 0 Å². The van der Waals surface area contributed by atoms with Gasteiger partial charge in [0.1, 0.15) is 13.2 Å². The van der Waals surface area contributed by atoms with Gasteiger partial charge in [-0.15, -0.1) is 0 Å². The van der Waals surface area contributed by atoms with E-state index in [0.717, 1.165) is 89.9 Å². The monoisotopic (exact) mass is 1210 g/mol. The molecule has 0 saturated carbocycles. The number of nitrogens with zero attached hydrogens (tertiary/aromatic N) is 1. The Labute approximate surface area is 528 Å². The van der Waals surface area contributed by atoms with Crippen LogP contribution in [0, 0.1) is 0 Å². The van der Waals surface area contributed by atoms with Crippen LogP contribution in [0.3, 0.4) is 0 Å². The molecule has 0 bridgehead atoms. The van der Waals surface area contributed by atoms with E-state index in [-0.39, 0.29) is 19.1 Å². The van der Waals surface area contributed by atoms with Crippen molar-refractivity contribution >= 4 is 13.7 Å². The van der Waals surface area contributed by atoms with E-state index < -0.39 is 20.0 Å². The van der Waals surface area contributed by atoms with Gasteiger partial charge in [0.25, 0.3) is 7.82 Å². The minimum absolute atomic E-state index is 0.00605. The van der Waals surface area contributed by atoms with Crippen LogP contribution in [0.1, 0.15) is 328 Å². The second-order valence-corrected chi connectivity index (χ2v) is 27.0. The zero-order valence-electron chi connectivity index (χ0n) is 56.5. The van der Waals surface area contributed by atoms with Crippen molar-refractivity contribution in [3.63, 3.8) is 0 Å². The number of carbonyl (C=O) groups is 1. The molecule has 0 aromatic rings. The van der Waals surface area contributed by atoms with Crippen LogP contribution >= 0.6 is 7.82 Å². The van der Waals surface area contributed by atoms with Crippen molar-refractivity contribution in [2.45, 2.75) is 341 Å². The summed E-state index contributed by atoms with van der Waals surface area (Å²) >= 11 is 0. The number of unbranched alkanes of at least 4 members (excludes halogenated alkanes) is 39. The summed E-state index contributed by atoms with van der Waals surface area (Å²) in [7, 11) is 1.25. The Morgan fingerprint density at radius 3 is 1.05 bits per heavy atom. The summed E-state index contributed by atoms with van der Waals surface area (Å²) in [4.78, 5) is 25.7. The van der Waals surface area contributed by atoms with Gasteiger partial charge in [0, 0.05) is 6.42 Å². The van der Waals surface area contributed by atoms with Crippen molar-refractivity contribution in [3.05, 3.63) is 97.2 Å². The molecule has 494 valence electrons. The first-order chi connectivity index (χ1) is 41.5. The highest BCUT2D eigenvalue weighted by Gasteiger charge is 2.23. The first-order valence-electron chi connectivity index (χ1n) is 36.1. The number of hydrogen-bond acceptors (Lipinski definition) is 6. The minimum atomic E-state index is -4.61. The molecule has 3 unspecified atom stereocenters. The lowest BCUT2D eigenvalue weighted by Gasteiger charge is -2.29. The van der Waals surface area contributed by atoms with Gasteiger partial charge < -0.3 is 28.8 Å². The van der Waals surface area contributed by atoms with Gasteiger partial charge >= 0.3 is 0 Å². The molecule has 0 rings (SSSR count). The van der Waals surface area contributed by atoms with Gasteiger partial charge in [0.2, 0.25) is 5.91 Å². The van der Waals surface area contributed by atoms with Gasteiger partial charge in [0.05, 0.1) is 39.9 Å². The Morgan fingerprint density at radius 1 is 0.424 bits per heavy atom. The molecular weight excluding hydrogens is 1070 g/mol. The lowest BCUT2D eigenvalue weighted by molar-refractivity contribution is -0.870. The third kappa shape index (κ3) is 68.8. The van der Waals surface area contributed by atoms with E-state index >= 15 is 0 Å². The third-order valence-corrected chi connectivity index (χ3v) is 17.0. The highest BCUT2D eigenvalue weighted by Crippen LogP contribution is 2.38. The van der Waals surface area contributed by atoms with Crippen molar-refractivity contribution in [2.75, 3.05) is 40.9 Å². The molecule has 2 N–H and O–H groups in total. The maximum atomic E-state index is 13.0. The largest absolute Gasteiger partial charge is 0.756 e. The Morgan fingerprint density at radius 2 is 0.718 bits per heavy atom. The normalized spacial score (nSPS) is 14.2. The number of likely N-dealkylation sites (N-methyl/N-ethyl adjacent to an activating group) is 1. The summed E-state index contributed by atoms with van der Waals surface area (Å²) in [6, 6.07) is -0.899. The molecule has 0 radical (unpaired) electrons. The molecule has 0 aromatic carbocycles. The first-order valence-corrected chi connectivity index (χ1v) is 37.6. The van der Waals surface area contributed by atoms with Crippen LogP contribution in [-0.2, 0) is 18.4 Å². The molecule has 8 nitrogen and oxygen atoms in total. The SMILES string of the molecule is CC/C=C\C/C=C\C/C=C\C/C=C\C/C=C\C/C=C\C/C=C\CCCCCCCCCCCC(=O)NC(COP(=O)([O-])OCC[N+](C)(C)C)C(O)/C=C/CCCCCCCCCCCCCCCCCCCCCCCCCCCCCCCC. The summed E-state index contributed by atoms with van der Waals surface area (Å²) in [6.07, 6.45) is 95.3. The minimum Gasteiger partial charge on any atom is -0.756 e. The Kier molecular flexibility index (Phi) is 63.9. The summed E-state index contributed by atoms with van der Waals surface area (Å²) in [5, 5.41) is 14.0. The number of allylic oxidation sites excluding steroid dienone is 15. The lowest BCUT2D eigenvalue weighted by Crippen LogP contribution is -2.45. The molecule has 0 aliphatic carbocycles. The standard InChI is InChI=1S/C76H139N2O6P/c1-6-8-10-12-14-16-18-20-22-24-26-28-30-32-34-36-38-40-41-43-45-47-49-51-53-55-57-59-61-63-65-67-69-75(79)74(73-84-85(81,82)83-72-71-78(3,4)5)77-76(80)70-68-66-64-62-60-58-56-54-52-50-48-46-44-42-39-37-35-33-31-29-27-25-23-21-19-17-15-13-11-9-7-2/h9,11,15,17,21,23,27,29,33,35,39,42,46,48,67,69,74-75,79H,6-8,10,12-14,16,18-20,22,24-26,28,30-32,34,36-38,40-41,43-45,47,49-66,68,70-73H2,1-5H3,(H-,77,80,81,82)/b11-9-,17-15-,23-21-,29-27-,35-33-,42-39-,48-46-,69-67+. The molecule has 9 heteroatoms. The Balaban J connectivity index is 4.10. The predicted octanol–water partition coefficient (Wildman–Crippen LogP) is 22.6. The van der Waals surface area contributed by atoms with Gasteiger partial charge in [-0.25, -0.2) is 0 Å². The van der Waals surface area contributed by atoms with Crippen molar-refractivity contribution in [1.82, 2.24) is 5.32 Å². The number of nitrogens with one attached hydrogen (secondary N) is 1. The number of carbonyl (C=O) groups excluding carboxylic acids is 1. The van der Waals surface area contributed by atoms with Gasteiger partial charge in [-0.05, 0) is 77.0 Å². The molecule has 0 heterocycles. The van der Waals surface area contributed by atoms with Gasteiger partial charge in [-0.2, -0.15) is 0 Å². The van der Waals surface area contributed by atoms with Crippen molar-refractivity contribution < 1.29 is 32.9 Å². The predicted molar refractivity (Wildman–Crippen MR) is 371 cm³/mol. The number of amides is 1. The van der Waals surface area contributed by atoms with Crippen LogP contribution < -0.4 is 10.2 Å². The van der Waals surface area contributed by atoms with E-state index in [1.165, 1.54) is 218 Å². The number of aliphatic hydroxyl groups is 1. The fraction of sp³-hybridized carbons (Fsp3) is 0.776. The smallest absolute Gasteiger partial charge is 0.268 e. The van der Waals surface area contributed by atoms with Crippen LogP contribution in [0.25, 0.3) is 0 Å². The number of aliphatic hydroxyl groups excluding tert-OH is 1. The number of hydrogen-bond donors (Lipinski definition) is 2. The quantitative estimate of drug-likeness (QED) is 0.0272. The number of phosphoric acid groups is 1. The molecule has 0 aliphatic rings. The van der Waals surface area contributed by atoms with Crippen LogP contribution in [0.4, 0.5) is 0 Å².